The first-order valence-corrected chi connectivity index (χ1v) is 7.18. The average Bonchev–Trinajstić information content (AvgIpc) is 2.40. The molecule has 2 rings (SSSR count). The summed E-state index contributed by atoms with van der Waals surface area (Å²) in [5.74, 6) is -0.172. The Morgan fingerprint density at radius 1 is 1.21 bits per heavy atom. The van der Waals surface area contributed by atoms with E-state index < -0.39 is 0 Å². The van der Waals surface area contributed by atoms with Crippen molar-refractivity contribution in [3.8, 4) is 0 Å². The van der Waals surface area contributed by atoms with Crippen LogP contribution in [-0.4, -0.2) is 0 Å². The summed E-state index contributed by atoms with van der Waals surface area (Å²) in [5.41, 5.74) is 2.71. The average molecular weight is 322 g/mol. The zero-order valence-corrected chi connectivity index (χ0v) is 12.7. The Morgan fingerprint density at radius 2 is 1.95 bits per heavy atom. The number of nitrogens with one attached hydrogen (secondary N) is 1. The quantitative estimate of drug-likeness (QED) is 0.788. The number of rotatable bonds is 4. The molecule has 0 saturated heterocycles. The molecule has 0 aliphatic rings. The molecule has 0 aliphatic carbocycles. The Labute approximate surface area is 122 Å². The fourth-order valence-corrected chi connectivity index (χ4v) is 2.51. The van der Waals surface area contributed by atoms with Gasteiger partial charge < -0.3 is 5.32 Å². The van der Waals surface area contributed by atoms with E-state index in [2.05, 4.69) is 40.3 Å². The maximum absolute atomic E-state index is 13.6. The van der Waals surface area contributed by atoms with Crippen LogP contribution >= 0.6 is 15.9 Å². The highest BCUT2D eigenvalue weighted by Crippen LogP contribution is 2.27. The van der Waals surface area contributed by atoms with Crippen LogP contribution in [0.2, 0.25) is 0 Å². The summed E-state index contributed by atoms with van der Waals surface area (Å²) in [5, 5.41) is 3.42. The van der Waals surface area contributed by atoms with Gasteiger partial charge in [-0.25, -0.2) is 4.39 Å². The Morgan fingerprint density at radius 3 is 2.63 bits per heavy atom. The lowest BCUT2D eigenvalue weighted by atomic mass is 10.0. The third kappa shape index (κ3) is 3.35. The van der Waals surface area contributed by atoms with Crippen LogP contribution in [0.3, 0.4) is 0 Å². The molecule has 1 nitrogen and oxygen atoms in total. The lowest BCUT2D eigenvalue weighted by Crippen LogP contribution is -2.11. The van der Waals surface area contributed by atoms with E-state index in [1.807, 2.05) is 18.2 Å². The zero-order chi connectivity index (χ0) is 13.8. The first-order chi connectivity index (χ1) is 9.11. The van der Waals surface area contributed by atoms with Gasteiger partial charge in [0.2, 0.25) is 0 Å². The minimum absolute atomic E-state index is 0.172. The molecule has 0 radical (unpaired) electrons. The van der Waals surface area contributed by atoms with E-state index in [9.17, 15) is 4.39 Å². The van der Waals surface area contributed by atoms with E-state index in [0.717, 1.165) is 16.6 Å². The summed E-state index contributed by atoms with van der Waals surface area (Å²) in [6.07, 6.45) is 0.937. The first kappa shape index (κ1) is 14.1. The van der Waals surface area contributed by atoms with Crippen LogP contribution in [0.15, 0.2) is 46.9 Å². The van der Waals surface area contributed by atoms with E-state index in [-0.39, 0.29) is 11.9 Å². The number of halogens is 2. The second kappa shape index (κ2) is 6.20. The number of anilines is 1. The van der Waals surface area contributed by atoms with Gasteiger partial charge in [-0.2, -0.15) is 0 Å². The molecule has 0 aliphatic heterocycles. The summed E-state index contributed by atoms with van der Waals surface area (Å²) in [6.45, 7) is 3.92. The van der Waals surface area contributed by atoms with Crippen molar-refractivity contribution in [2.24, 2.45) is 0 Å². The smallest absolute Gasteiger partial charge is 0.128 e. The molecule has 0 spiro atoms. The van der Waals surface area contributed by atoms with E-state index >= 15 is 0 Å². The molecule has 0 saturated carbocycles. The van der Waals surface area contributed by atoms with Crippen molar-refractivity contribution < 1.29 is 4.39 Å². The standard InChI is InChI=1S/C16H17BrFN/c1-3-15(12-6-4-7-13(17)10-12)19-16-9-5-8-14(18)11(16)2/h4-10,15,19H,3H2,1-2H3. The fourth-order valence-electron chi connectivity index (χ4n) is 2.10. The molecule has 100 valence electrons. The summed E-state index contributed by atoms with van der Waals surface area (Å²) in [7, 11) is 0. The van der Waals surface area contributed by atoms with E-state index in [1.165, 1.54) is 11.6 Å². The lowest BCUT2D eigenvalue weighted by molar-refractivity contribution is 0.618. The molecule has 1 atom stereocenters. The topological polar surface area (TPSA) is 12.0 Å². The maximum Gasteiger partial charge on any atom is 0.128 e. The second-order valence-electron chi connectivity index (χ2n) is 4.57. The van der Waals surface area contributed by atoms with Crippen LogP contribution in [0, 0.1) is 12.7 Å². The zero-order valence-electron chi connectivity index (χ0n) is 11.1. The molecule has 1 N–H and O–H groups in total. The monoisotopic (exact) mass is 321 g/mol. The molecule has 0 bridgehead atoms. The molecule has 1 unspecified atom stereocenters. The van der Waals surface area contributed by atoms with Gasteiger partial charge in [-0.05, 0) is 43.2 Å². The highest BCUT2D eigenvalue weighted by Gasteiger charge is 2.11. The van der Waals surface area contributed by atoms with Gasteiger partial charge in [-0.1, -0.05) is 41.1 Å². The predicted octanol–water partition coefficient (Wildman–Crippen LogP) is 5.46. The lowest BCUT2D eigenvalue weighted by Gasteiger charge is -2.20. The van der Waals surface area contributed by atoms with E-state index in [0.29, 0.717) is 5.56 Å². The highest BCUT2D eigenvalue weighted by molar-refractivity contribution is 9.10. The Balaban J connectivity index is 2.26. The van der Waals surface area contributed by atoms with E-state index in [4.69, 9.17) is 0 Å². The molecule has 0 aromatic heterocycles. The van der Waals surface area contributed by atoms with Gasteiger partial charge in [0.25, 0.3) is 0 Å². The van der Waals surface area contributed by atoms with Crippen LogP contribution in [0.5, 0.6) is 0 Å². The van der Waals surface area contributed by atoms with Crippen LogP contribution in [0.4, 0.5) is 10.1 Å². The Hall–Kier alpha value is -1.35. The van der Waals surface area contributed by atoms with Crippen molar-refractivity contribution in [1.29, 1.82) is 0 Å². The Bertz CT molecular complexity index is 568. The van der Waals surface area contributed by atoms with Gasteiger partial charge in [0.05, 0.1) is 6.04 Å². The van der Waals surface area contributed by atoms with Gasteiger partial charge in [-0.3, -0.25) is 0 Å². The van der Waals surface area contributed by atoms with Gasteiger partial charge >= 0.3 is 0 Å². The van der Waals surface area contributed by atoms with Crippen molar-refractivity contribution in [2.75, 3.05) is 5.32 Å². The highest BCUT2D eigenvalue weighted by atomic mass is 79.9. The van der Waals surface area contributed by atoms with Crippen molar-refractivity contribution in [3.05, 3.63) is 63.9 Å². The maximum atomic E-state index is 13.6. The predicted molar refractivity (Wildman–Crippen MR) is 81.9 cm³/mol. The molecule has 2 aromatic rings. The van der Waals surface area contributed by atoms with Crippen molar-refractivity contribution in [2.45, 2.75) is 26.3 Å². The molecular weight excluding hydrogens is 305 g/mol. The molecule has 0 amide bonds. The normalized spacial score (nSPS) is 12.2. The minimum atomic E-state index is -0.172. The third-order valence-corrected chi connectivity index (χ3v) is 3.75. The molecular formula is C16H17BrFN. The van der Waals surface area contributed by atoms with Crippen LogP contribution in [0.25, 0.3) is 0 Å². The van der Waals surface area contributed by atoms with Gasteiger partial charge in [0.1, 0.15) is 5.82 Å². The molecule has 0 fully saturated rings. The van der Waals surface area contributed by atoms with Crippen LogP contribution in [-0.2, 0) is 0 Å². The number of hydrogen-bond donors (Lipinski definition) is 1. The molecule has 0 heterocycles. The van der Waals surface area contributed by atoms with Crippen LogP contribution in [0.1, 0.15) is 30.5 Å². The van der Waals surface area contributed by atoms with Gasteiger partial charge in [0, 0.05) is 15.7 Å². The SMILES string of the molecule is CCC(Nc1cccc(F)c1C)c1cccc(Br)c1. The van der Waals surface area contributed by atoms with Gasteiger partial charge in [0.15, 0.2) is 0 Å². The van der Waals surface area contributed by atoms with Crippen molar-refractivity contribution >= 4 is 21.6 Å². The van der Waals surface area contributed by atoms with E-state index in [1.54, 1.807) is 13.0 Å². The third-order valence-electron chi connectivity index (χ3n) is 3.26. The Kier molecular flexibility index (Phi) is 4.59. The summed E-state index contributed by atoms with van der Waals surface area (Å²) < 4.78 is 14.6. The number of hydrogen-bond acceptors (Lipinski definition) is 1. The van der Waals surface area contributed by atoms with Crippen molar-refractivity contribution in [1.82, 2.24) is 0 Å². The summed E-state index contributed by atoms with van der Waals surface area (Å²) >= 11 is 3.48. The summed E-state index contributed by atoms with van der Waals surface area (Å²) in [6, 6.07) is 13.5. The molecule has 2 aromatic carbocycles. The first-order valence-electron chi connectivity index (χ1n) is 6.39. The van der Waals surface area contributed by atoms with Crippen LogP contribution < -0.4 is 5.32 Å². The second-order valence-corrected chi connectivity index (χ2v) is 5.49. The van der Waals surface area contributed by atoms with Crippen molar-refractivity contribution in [3.63, 3.8) is 0 Å². The van der Waals surface area contributed by atoms with Gasteiger partial charge in [-0.15, -0.1) is 0 Å². The molecule has 19 heavy (non-hydrogen) atoms. The fraction of sp³-hybridized carbons (Fsp3) is 0.250. The largest absolute Gasteiger partial charge is 0.378 e. The molecule has 3 heteroatoms. The number of benzene rings is 2. The summed E-state index contributed by atoms with van der Waals surface area (Å²) in [4.78, 5) is 0. The minimum Gasteiger partial charge on any atom is -0.378 e.